The number of benzene rings is 2. The molecule has 2 aliphatic rings. The summed E-state index contributed by atoms with van der Waals surface area (Å²) in [5, 5.41) is 12.1. The van der Waals surface area contributed by atoms with Gasteiger partial charge in [0.25, 0.3) is 11.7 Å². The fraction of sp³-hybridized carbons (Fsp3) is 0.304. The molecule has 2 heterocycles. The van der Waals surface area contributed by atoms with Crippen LogP contribution in [0.1, 0.15) is 17.2 Å². The number of amides is 1. The third-order valence-corrected chi connectivity index (χ3v) is 6.25. The zero-order valence-corrected chi connectivity index (χ0v) is 18.3. The number of rotatable bonds is 5. The van der Waals surface area contributed by atoms with Crippen molar-refractivity contribution in [1.82, 2.24) is 4.90 Å². The number of halogens is 2. The molecule has 162 valence electrons. The normalized spacial score (nSPS) is 21.6. The number of aliphatic hydroxyl groups excluding tert-OH is 1. The molecule has 2 N–H and O–H groups in total. The molecule has 0 radical (unpaired) electrons. The van der Waals surface area contributed by atoms with E-state index < -0.39 is 17.7 Å². The van der Waals surface area contributed by atoms with E-state index in [1.165, 1.54) is 4.90 Å². The Kier molecular flexibility index (Phi) is 6.62. The number of Topliss-reactive ketones (excluding diaryl/α,β-unsaturated/α-hetero) is 1. The highest BCUT2D eigenvalue weighted by atomic mass is 35.5. The highest BCUT2D eigenvalue weighted by Gasteiger charge is 2.46. The molecule has 6 nitrogen and oxygen atoms in total. The van der Waals surface area contributed by atoms with E-state index in [0.717, 1.165) is 18.7 Å². The molecule has 2 aliphatic heterocycles. The molecule has 0 bridgehead atoms. The molecule has 2 saturated heterocycles. The molecule has 0 unspecified atom stereocenters. The Labute approximate surface area is 190 Å². The minimum Gasteiger partial charge on any atom is -0.507 e. The summed E-state index contributed by atoms with van der Waals surface area (Å²) in [6, 6.07) is 12.8. The third-order valence-electron chi connectivity index (χ3n) is 5.75. The van der Waals surface area contributed by atoms with Crippen LogP contribution in [0, 0.1) is 0 Å². The Bertz CT molecular complexity index is 999. The molecule has 0 aromatic heterocycles. The van der Waals surface area contributed by atoms with E-state index >= 15 is 0 Å². The number of hydrogen-bond donors (Lipinski definition) is 2. The van der Waals surface area contributed by atoms with Gasteiger partial charge in [-0.3, -0.25) is 9.59 Å². The van der Waals surface area contributed by atoms with E-state index in [0.29, 0.717) is 41.9 Å². The zero-order chi connectivity index (χ0) is 22.0. The van der Waals surface area contributed by atoms with Gasteiger partial charge in [0.1, 0.15) is 18.8 Å². The molecular weight excluding hydrogens is 439 g/mol. The predicted molar refractivity (Wildman–Crippen MR) is 118 cm³/mol. The number of nitrogens with zero attached hydrogens (tertiary/aromatic N) is 1. The molecular formula is C23H23Cl2N2O4+. The molecule has 0 spiro atoms. The van der Waals surface area contributed by atoms with E-state index in [2.05, 4.69) is 0 Å². The Morgan fingerprint density at radius 3 is 2.19 bits per heavy atom. The molecule has 2 aromatic rings. The number of aliphatic hydroxyl groups is 1. The summed E-state index contributed by atoms with van der Waals surface area (Å²) in [5.41, 5.74) is 1.22. The van der Waals surface area contributed by atoms with Crippen LogP contribution in [-0.4, -0.2) is 61.1 Å². The van der Waals surface area contributed by atoms with Crippen molar-refractivity contribution in [2.24, 2.45) is 0 Å². The fourth-order valence-corrected chi connectivity index (χ4v) is 4.31. The lowest BCUT2D eigenvalue weighted by Crippen LogP contribution is -3.14. The number of likely N-dealkylation sites (tertiary alicyclic amines) is 1. The van der Waals surface area contributed by atoms with Crippen molar-refractivity contribution in [2.75, 3.05) is 39.4 Å². The van der Waals surface area contributed by atoms with Gasteiger partial charge in [-0.2, -0.15) is 0 Å². The molecule has 8 heteroatoms. The maximum Gasteiger partial charge on any atom is 0.295 e. The number of carbonyl (C=O) groups is 2. The maximum atomic E-state index is 13.0. The lowest BCUT2D eigenvalue weighted by atomic mass is 9.95. The molecule has 2 fully saturated rings. The van der Waals surface area contributed by atoms with Crippen molar-refractivity contribution in [3.05, 3.63) is 75.3 Å². The first-order valence-corrected chi connectivity index (χ1v) is 10.9. The summed E-state index contributed by atoms with van der Waals surface area (Å²) in [4.78, 5) is 28.9. The largest absolute Gasteiger partial charge is 0.507 e. The van der Waals surface area contributed by atoms with Crippen molar-refractivity contribution in [2.45, 2.75) is 6.04 Å². The second-order valence-electron chi connectivity index (χ2n) is 7.66. The van der Waals surface area contributed by atoms with E-state index in [9.17, 15) is 14.7 Å². The van der Waals surface area contributed by atoms with Crippen LogP contribution in [0.3, 0.4) is 0 Å². The number of hydrogen-bond acceptors (Lipinski definition) is 4. The SMILES string of the molecule is O=C1C(=O)N(CC[NH+]2CCOCC2)[C@@H](c2ccc(Cl)cc2)C1=C(O)c1ccc(Cl)cc1. The van der Waals surface area contributed by atoms with Crippen LogP contribution in [-0.2, 0) is 14.3 Å². The molecule has 1 amide bonds. The summed E-state index contributed by atoms with van der Waals surface area (Å²) < 4.78 is 5.40. The van der Waals surface area contributed by atoms with Crippen molar-refractivity contribution in [3.63, 3.8) is 0 Å². The van der Waals surface area contributed by atoms with Crippen LogP contribution in [0.25, 0.3) is 5.76 Å². The Morgan fingerprint density at radius 2 is 1.58 bits per heavy atom. The number of ketones is 1. The Hall–Kier alpha value is -2.38. The van der Waals surface area contributed by atoms with Gasteiger partial charge in [-0.1, -0.05) is 35.3 Å². The lowest BCUT2D eigenvalue weighted by Gasteiger charge is -2.29. The highest BCUT2D eigenvalue weighted by molar-refractivity contribution is 6.46. The molecule has 0 aliphatic carbocycles. The Balaban J connectivity index is 1.72. The van der Waals surface area contributed by atoms with E-state index in [1.807, 2.05) is 0 Å². The minimum atomic E-state index is -0.690. The second-order valence-corrected chi connectivity index (χ2v) is 8.54. The number of quaternary nitrogens is 1. The topological polar surface area (TPSA) is 71.3 Å². The smallest absolute Gasteiger partial charge is 0.295 e. The van der Waals surface area contributed by atoms with Gasteiger partial charge in [0.2, 0.25) is 0 Å². The zero-order valence-electron chi connectivity index (χ0n) is 16.8. The van der Waals surface area contributed by atoms with E-state index in [-0.39, 0.29) is 11.3 Å². The molecule has 4 rings (SSSR count). The van der Waals surface area contributed by atoms with Crippen LogP contribution in [0.4, 0.5) is 0 Å². The number of morpholine rings is 1. The fourth-order valence-electron chi connectivity index (χ4n) is 4.05. The van der Waals surface area contributed by atoms with Gasteiger partial charge in [0.15, 0.2) is 0 Å². The molecule has 31 heavy (non-hydrogen) atoms. The van der Waals surface area contributed by atoms with Gasteiger partial charge in [-0.25, -0.2) is 0 Å². The summed E-state index contributed by atoms with van der Waals surface area (Å²) in [6.07, 6.45) is 0. The summed E-state index contributed by atoms with van der Waals surface area (Å²) in [7, 11) is 0. The van der Waals surface area contributed by atoms with Crippen molar-refractivity contribution < 1.29 is 24.3 Å². The molecule has 0 saturated carbocycles. The number of ether oxygens (including phenoxy) is 1. The standard InChI is InChI=1S/C23H22Cl2N2O4/c24-17-5-1-15(2-6-17)20-19(21(28)16-3-7-18(25)8-4-16)22(29)23(30)27(20)10-9-26-11-13-31-14-12-26/h1-8,20,28H,9-14H2/p+1/t20-/m0/s1. The van der Waals surface area contributed by atoms with Gasteiger partial charge in [0, 0.05) is 15.6 Å². The third kappa shape index (κ3) is 4.62. The monoisotopic (exact) mass is 461 g/mol. The van der Waals surface area contributed by atoms with Crippen molar-refractivity contribution >= 4 is 40.7 Å². The highest BCUT2D eigenvalue weighted by Crippen LogP contribution is 2.39. The molecule has 2 aromatic carbocycles. The second kappa shape index (κ2) is 9.40. The first kappa shape index (κ1) is 21.8. The van der Waals surface area contributed by atoms with Crippen molar-refractivity contribution in [1.29, 1.82) is 0 Å². The van der Waals surface area contributed by atoms with Gasteiger partial charge in [-0.15, -0.1) is 0 Å². The lowest BCUT2D eigenvalue weighted by molar-refractivity contribution is -0.907. The van der Waals surface area contributed by atoms with Gasteiger partial charge in [0.05, 0.1) is 37.9 Å². The summed E-state index contributed by atoms with van der Waals surface area (Å²) in [6.45, 7) is 4.18. The van der Waals surface area contributed by atoms with Gasteiger partial charge < -0.3 is 19.6 Å². The van der Waals surface area contributed by atoms with Crippen LogP contribution in [0.5, 0.6) is 0 Å². The average molecular weight is 462 g/mol. The first-order valence-electron chi connectivity index (χ1n) is 10.2. The minimum absolute atomic E-state index is 0.0756. The van der Waals surface area contributed by atoms with Gasteiger partial charge >= 0.3 is 0 Å². The van der Waals surface area contributed by atoms with Crippen molar-refractivity contribution in [3.8, 4) is 0 Å². The summed E-state index contributed by atoms with van der Waals surface area (Å²) >= 11 is 12.0. The number of carbonyl (C=O) groups excluding carboxylic acids is 2. The number of nitrogens with one attached hydrogen (secondary N) is 1. The van der Waals surface area contributed by atoms with Crippen LogP contribution in [0.2, 0.25) is 10.0 Å². The van der Waals surface area contributed by atoms with Crippen LogP contribution < -0.4 is 4.90 Å². The maximum absolute atomic E-state index is 13.0. The van der Waals surface area contributed by atoms with Crippen LogP contribution in [0.15, 0.2) is 54.1 Å². The predicted octanol–water partition coefficient (Wildman–Crippen LogP) is 2.33. The summed E-state index contributed by atoms with van der Waals surface area (Å²) in [5.74, 6) is -1.51. The quantitative estimate of drug-likeness (QED) is 0.407. The molecule has 1 atom stereocenters. The van der Waals surface area contributed by atoms with Gasteiger partial charge in [-0.05, 0) is 42.0 Å². The van der Waals surface area contributed by atoms with E-state index in [4.69, 9.17) is 27.9 Å². The first-order chi connectivity index (χ1) is 15.0. The van der Waals surface area contributed by atoms with E-state index in [1.54, 1.807) is 53.4 Å². The average Bonchev–Trinajstić information content (AvgIpc) is 3.04. The Morgan fingerprint density at radius 1 is 1.00 bits per heavy atom. The van der Waals surface area contributed by atoms with Crippen LogP contribution >= 0.6 is 23.2 Å².